The second-order valence-electron chi connectivity index (χ2n) is 4.56. The number of hydrogen-bond acceptors (Lipinski definition) is 3. The Morgan fingerprint density at radius 3 is 2.32 bits per heavy atom. The third kappa shape index (κ3) is 2.80. The van der Waals surface area contributed by atoms with E-state index < -0.39 is 0 Å². The maximum Gasteiger partial charge on any atom is 0.161 e. The first-order valence-corrected chi connectivity index (χ1v) is 7.67. The number of nitrogens with zero attached hydrogens (tertiary/aromatic N) is 2. The van der Waals surface area contributed by atoms with Crippen molar-refractivity contribution in [1.29, 1.82) is 0 Å². The fraction of sp³-hybridized carbons (Fsp3) is 0.231. The molecule has 0 aliphatic heterocycles. The van der Waals surface area contributed by atoms with Gasteiger partial charge in [-0.3, -0.25) is 0 Å². The third-order valence-electron chi connectivity index (χ3n) is 2.99. The van der Waals surface area contributed by atoms with Gasteiger partial charge in [-0.2, -0.15) is 0 Å². The van der Waals surface area contributed by atoms with Crippen molar-refractivity contribution in [3.05, 3.63) is 37.5 Å². The van der Waals surface area contributed by atoms with Gasteiger partial charge in [-0.05, 0) is 53.6 Å². The van der Waals surface area contributed by atoms with Gasteiger partial charge in [-0.25, -0.2) is 9.97 Å². The first kappa shape index (κ1) is 13.4. The highest BCUT2D eigenvalue weighted by Crippen LogP contribution is 2.42. The molecule has 2 N–H and O–H groups in total. The molecule has 3 rings (SSSR count). The zero-order valence-electron chi connectivity index (χ0n) is 9.83. The summed E-state index contributed by atoms with van der Waals surface area (Å²) in [6.45, 7) is 0. The minimum atomic E-state index is 0.517. The molecular weight excluding hydrogens is 396 g/mol. The van der Waals surface area contributed by atoms with Crippen molar-refractivity contribution in [3.8, 4) is 11.4 Å². The SMILES string of the molecule is Nc1nc(-c2cc(Cl)cc(Cl)c2)nc(C2CC2)c1I. The monoisotopic (exact) mass is 405 g/mol. The Bertz CT molecular complexity index is 636. The second-order valence-corrected chi connectivity index (χ2v) is 6.52. The quantitative estimate of drug-likeness (QED) is 0.747. The van der Waals surface area contributed by atoms with Crippen LogP contribution in [0.25, 0.3) is 11.4 Å². The van der Waals surface area contributed by atoms with Gasteiger partial charge < -0.3 is 5.73 Å². The normalized spacial score (nSPS) is 14.7. The summed E-state index contributed by atoms with van der Waals surface area (Å²) in [4.78, 5) is 8.97. The molecule has 0 bridgehead atoms. The zero-order valence-corrected chi connectivity index (χ0v) is 13.5. The number of halogens is 3. The lowest BCUT2D eigenvalue weighted by atomic mass is 10.2. The van der Waals surface area contributed by atoms with Crippen LogP contribution in [0.15, 0.2) is 18.2 Å². The summed E-state index contributed by atoms with van der Waals surface area (Å²) < 4.78 is 0.956. The number of hydrogen-bond donors (Lipinski definition) is 1. The molecule has 2 aromatic rings. The van der Waals surface area contributed by atoms with Gasteiger partial charge in [0.15, 0.2) is 5.82 Å². The van der Waals surface area contributed by atoms with Gasteiger partial charge in [-0.1, -0.05) is 23.2 Å². The van der Waals surface area contributed by atoms with E-state index in [0.29, 0.717) is 27.6 Å². The van der Waals surface area contributed by atoms with E-state index >= 15 is 0 Å². The zero-order chi connectivity index (χ0) is 13.6. The summed E-state index contributed by atoms with van der Waals surface area (Å²) in [6.07, 6.45) is 2.34. The Morgan fingerprint density at radius 1 is 1.11 bits per heavy atom. The summed E-state index contributed by atoms with van der Waals surface area (Å²) in [7, 11) is 0. The topological polar surface area (TPSA) is 51.8 Å². The van der Waals surface area contributed by atoms with Crippen LogP contribution in [0.3, 0.4) is 0 Å². The van der Waals surface area contributed by atoms with E-state index in [4.69, 9.17) is 28.9 Å². The Labute approximate surface area is 134 Å². The predicted octanol–water partition coefficient (Wildman–Crippen LogP) is 4.51. The molecule has 1 aromatic heterocycles. The Hall–Kier alpha value is -0.590. The Kier molecular flexibility index (Phi) is 3.57. The minimum absolute atomic E-state index is 0.517. The molecule has 3 nitrogen and oxygen atoms in total. The molecule has 0 spiro atoms. The van der Waals surface area contributed by atoms with Crippen molar-refractivity contribution in [2.24, 2.45) is 0 Å². The van der Waals surface area contributed by atoms with Crippen LogP contribution in [0, 0.1) is 3.57 Å². The van der Waals surface area contributed by atoms with Gasteiger partial charge in [0.05, 0.1) is 9.26 Å². The van der Waals surface area contributed by atoms with Crippen molar-refractivity contribution >= 4 is 51.6 Å². The molecule has 1 aliphatic carbocycles. The number of rotatable bonds is 2. The van der Waals surface area contributed by atoms with Crippen molar-refractivity contribution in [1.82, 2.24) is 9.97 Å². The highest BCUT2D eigenvalue weighted by Gasteiger charge is 2.29. The second kappa shape index (κ2) is 5.07. The lowest BCUT2D eigenvalue weighted by Gasteiger charge is -2.09. The van der Waals surface area contributed by atoms with Gasteiger partial charge >= 0.3 is 0 Å². The maximum atomic E-state index is 6.01. The first-order valence-electron chi connectivity index (χ1n) is 5.84. The highest BCUT2D eigenvalue weighted by molar-refractivity contribution is 14.1. The van der Waals surface area contributed by atoms with E-state index in [1.165, 1.54) is 12.8 Å². The maximum absolute atomic E-state index is 6.01. The van der Waals surface area contributed by atoms with Gasteiger partial charge in [0.1, 0.15) is 5.82 Å². The van der Waals surface area contributed by atoms with Crippen molar-refractivity contribution < 1.29 is 0 Å². The highest BCUT2D eigenvalue weighted by atomic mass is 127. The lowest BCUT2D eigenvalue weighted by molar-refractivity contribution is 0.983. The minimum Gasteiger partial charge on any atom is -0.383 e. The van der Waals surface area contributed by atoms with Crippen LogP contribution < -0.4 is 5.73 Å². The molecule has 6 heteroatoms. The van der Waals surface area contributed by atoms with Gasteiger partial charge in [0.25, 0.3) is 0 Å². The Morgan fingerprint density at radius 2 is 1.74 bits per heavy atom. The standard InChI is InChI=1S/C13H10Cl2IN3/c14-8-3-7(4-9(15)5-8)13-18-11(6-1-2-6)10(16)12(17)19-13/h3-6H,1-2H2,(H2,17,18,19). The number of nitrogens with two attached hydrogens (primary N) is 1. The molecule has 0 amide bonds. The van der Waals surface area contributed by atoms with Crippen LogP contribution in [0.5, 0.6) is 0 Å². The number of aromatic nitrogens is 2. The molecule has 1 aliphatic rings. The van der Waals surface area contributed by atoms with Crippen LogP contribution in [0.1, 0.15) is 24.5 Å². The van der Waals surface area contributed by atoms with Crippen molar-refractivity contribution in [2.75, 3.05) is 5.73 Å². The number of anilines is 1. The Balaban J connectivity index is 2.14. The third-order valence-corrected chi connectivity index (χ3v) is 4.53. The molecule has 0 saturated heterocycles. The molecule has 0 unspecified atom stereocenters. The molecule has 0 radical (unpaired) electrons. The smallest absolute Gasteiger partial charge is 0.161 e. The van der Waals surface area contributed by atoms with E-state index in [9.17, 15) is 0 Å². The molecule has 1 aromatic carbocycles. The summed E-state index contributed by atoms with van der Waals surface area (Å²) in [5.41, 5.74) is 7.81. The average Bonchev–Trinajstić information content (AvgIpc) is 3.15. The molecule has 1 saturated carbocycles. The number of benzene rings is 1. The van der Waals surface area contributed by atoms with Crippen LogP contribution in [0.4, 0.5) is 5.82 Å². The molecule has 19 heavy (non-hydrogen) atoms. The molecule has 0 atom stereocenters. The predicted molar refractivity (Wildman–Crippen MR) is 86.6 cm³/mol. The van der Waals surface area contributed by atoms with Crippen molar-refractivity contribution in [2.45, 2.75) is 18.8 Å². The largest absolute Gasteiger partial charge is 0.383 e. The fourth-order valence-corrected chi connectivity index (χ4v) is 3.13. The van der Waals surface area contributed by atoms with Crippen LogP contribution in [-0.4, -0.2) is 9.97 Å². The lowest BCUT2D eigenvalue weighted by Crippen LogP contribution is -2.04. The van der Waals surface area contributed by atoms with E-state index in [1.807, 2.05) is 0 Å². The van der Waals surface area contributed by atoms with Crippen LogP contribution in [-0.2, 0) is 0 Å². The molecule has 1 fully saturated rings. The van der Waals surface area contributed by atoms with E-state index in [2.05, 4.69) is 32.6 Å². The van der Waals surface area contributed by atoms with E-state index in [1.54, 1.807) is 18.2 Å². The summed E-state index contributed by atoms with van der Waals surface area (Å²) in [5, 5.41) is 1.13. The summed E-state index contributed by atoms with van der Waals surface area (Å²) in [6, 6.07) is 5.28. The van der Waals surface area contributed by atoms with E-state index in [0.717, 1.165) is 14.8 Å². The van der Waals surface area contributed by atoms with E-state index in [-0.39, 0.29) is 0 Å². The molecule has 1 heterocycles. The fourth-order valence-electron chi connectivity index (χ4n) is 1.92. The van der Waals surface area contributed by atoms with Gasteiger partial charge in [-0.15, -0.1) is 0 Å². The molecular formula is C13H10Cl2IN3. The van der Waals surface area contributed by atoms with Gasteiger partial charge in [0.2, 0.25) is 0 Å². The molecule has 98 valence electrons. The summed E-state index contributed by atoms with van der Waals surface area (Å²) >= 11 is 14.2. The van der Waals surface area contributed by atoms with Crippen LogP contribution in [0.2, 0.25) is 10.0 Å². The van der Waals surface area contributed by atoms with Crippen LogP contribution >= 0.6 is 45.8 Å². The average molecular weight is 406 g/mol. The van der Waals surface area contributed by atoms with Gasteiger partial charge in [0, 0.05) is 21.5 Å². The first-order chi connectivity index (χ1) is 9.04. The number of nitrogen functional groups attached to an aromatic ring is 1. The summed E-state index contributed by atoms with van der Waals surface area (Å²) in [5.74, 6) is 1.62. The van der Waals surface area contributed by atoms with Crippen molar-refractivity contribution in [3.63, 3.8) is 0 Å².